The van der Waals surface area contributed by atoms with E-state index in [1.165, 1.54) is 0 Å². The number of aliphatic carboxylic acids is 1. The van der Waals surface area contributed by atoms with E-state index in [9.17, 15) is 9.59 Å². The van der Waals surface area contributed by atoms with Gasteiger partial charge in [-0.1, -0.05) is 27.7 Å². The summed E-state index contributed by atoms with van der Waals surface area (Å²) in [5.74, 6) is -1.89. The first-order chi connectivity index (χ1) is 8.86. The third-order valence-electron chi connectivity index (χ3n) is 4.22. The Bertz CT molecular complexity index is 338. The highest BCUT2D eigenvalue weighted by atomic mass is 16.4. The molecule has 0 saturated heterocycles. The van der Waals surface area contributed by atoms with Crippen molar-refractivity contribution in [3.05, 3.63) is 0 Å². The lowest BCUT2D eigenvalue weighted by atomic mass is 10.1. The van der Waals surface area contributed by atoms with Gasteiger partial charge < -0.3 is 15.3 Å². The standard InChI is InChI=1S/C14H26N2O3/c1-5-16(6-2)9-7-8-15-12(17)10-11(13(18)19)14(10,3)4/h10-11H,5-9H2,1-4H3,(H,15,17)(H,18,19)/t10-,11+/m1/s1. The van der Waals surface area contributed by atoms with E-state index < -0.39 is 17.3 Å². The van der Waals surface area contributed by atoms with Gasteiger partial charge in [0.2, 0.25) is 5.91 Å². The molecular formula is C14H26N2O3. The molecule has 19 heavy (non-hydrogen) atoms. The molecule has 1 fully saturated rings. The fourth-order valence-corrected chi connectivity index (χ4v) is 2.75. The van der Waals surface area contributed by atoms with Crippen LogP contribution < -0.4 is 5.32 Å². The number of amides is 1. The summed E-state index contributed by atoms with van der Waals surface area (Å²) in [6, 6.07) is 0. The maximum atomic E-state index is 11.9. The predicted octanol–water partition coefficient (Wildman–Crippen LogP) is 1.19. The lowest BCUT2D eigenvalue weighted by Gasteiger charge is -2.17. The molecule has 1 aliphatic carbocycles. The number of carboxylic acids is 1. The molecule has 1 rings (SSSR count). The Hall–Kier alpha value is -1.10. The van der Waals surface area contributed by atoms with Crippen LogP contribution in [0.2, 0.25) is 0 Å². The Balaban J connectivity index is 2.28. The molecule has 0 bridgehead atoms. The average Bonchev–Trinajstić information content (AvgIpc) is 2.92. The van der Waals surface area contributed by atoms with Crippen LogP contribution in [0.5, 0.6) is 0 Å². The summed E-state index contributed by atoms with van der Waals surface area (Å²) in [6.07, 6.45) is 0.901. The topological polar surface area (TPSA) is 69.6 Å². The van der Waals surface area contributed by atoms with Crippen LogP contribution in [0.1, 0.15) is 34.1 Å². The Kier molecular flexibility index (Phi) is 5.35. The van der Waals surface area contributed by atoms with Crippen molar-refractivity contribution in [2.75, 3.05) is 26.2 Å². The Morgan fingerprint density at radius 3 is 2.21 bits per heavy atom. The second-order valence-electron chi connectivity index (χ2n) is 5.79. The van der Waals surface area contributed by atoms with Gasteiger partial charge in [-0.15, -0.1) is 0 Å². The van der Waals surface area contributed by atoms with Crippen LogP contribution in [-0.4, -0.2) is 48.1 Å². The van der Waals surface area contributed by atoms with E-state index in [1.54, 1.807) is 0 Å². The summed E-state index contributed by atoms with van der Waals surface area (Å²) >= 11 is 0. The van der Waals surface area contributed by atoms with Gasteiger partial charge in [0.05, 0.1) is 11.8 Å². The van der Waals surface area contributed by atoms with Gasteiger partial charge in [-0.25, -0.2) is 0 Å². The number of nitrogens with zero attached hydrogens (tertiary/aromatic N) is 1. The fourth-order valence-electron chi connectivity index (χ4n) is 2.75. The van der Waals surface area contributed by atoms with Gasteiger partial charge >= 0.3 is 5.97 Å². The summed E-state index contributed by atoms with van der Waals surface area (Å²) in [7, 11) is 0. The highest BCUT2D eigenvalue weighted by molar-refractivity contribution is 5.91. The zero-order valence-electron chi connectivity index (χ0n) is 12.4. The minimum Gasteiger partial charge on any atom is -0.481 e. The Morgan fingerprint density at radius 2 is 1.79 bits per heavy atom. The largest absolute Gasteiger partial charge is 0.481 e. The average molecular weight is 270 g/mol. The highest BCUT2D eigenvalue weighted by Gasteiger charge is 2.65. The predicted molar refractivity (Wildman–Crippen MR) is 73.8 cm³/mol. The number of carbonyl (C=O) groups excluding carboxylic acids is 1. The lowest BCUT2D eigenvalue weighted by molar-refractivity contribution is -0.140. The van der Waals surface area contributed by atoms with Gasteiger partial charge in [0.1, 0.15) is 0 Å². The molecule has 5 heteroatoms. The first kappa shape index (κ1) is 16.0. The summed E-state index contributed by atoms with van der Waals surface area (Å²) in [5, 5.41) is 11.9. The molecule has 0 heterocycles. The first-order valence-corrected chi connectivity index (χ1v) is 7.09. The van der Waals surface area contributed by atoms with Crippen LogP contribution in [0.15, 0.2) is 0 Å². The van der Waals surface area contributed by atoms with E-state index in [1.807, 2.05) is 13.8 Å². The minimum atomic E-state index is -0.867. The van der Waals surface area contributed by atoms with Crippen molar-refractivity contribution in [1.82, 2.24) is 10.2 Å². The molecule has 1 aliphatic rings. The molecule has 1 amide bonds. The Labute approximate surface area is 115 Å². The van der Waals surface area contributed by atoms with E-state index in [2.05, 4.69) is 24.1 Å². The van der Waals surface area contributed by atoms with E-state index in [0.717, 1.165) is 26.1 Å². The van der Waals surface area contributed by atoms with Gasteiger partial charge in [-0.3, -0.25) is 9.59 Å². The van der Waals surface area contributed by atoms with E-state index in [0.29, 0.717) is 6.54 Å². The van der Waals surface area contributed by atoms with Crippen molar-refractivity contribution in [1.29, 1.82) is 0 Å². The molecule has 2 N–H and O–H groups in total. The van der Waals surface area contributed by atoms with Crippen molar-refractivity contribution in [3.8, 4) is 0 Å². The number of hydrogen-bond acceptors (Lipinski definition) is 3. The summed E-state index contributed by atoms with van der Waals surface area (Å²) < 4.78 is 0. The van der Waals surface area contributed by atoms with Crippen LogP contribution in [0.25, 0.3) is 0 Å². The van der Waals surface area contributed by atoms with Gasteiger partial charge in [0.25, 0.3) is 0 Å². The van der Waals surface area contributed by atoms with Gasteiger partial charge in [0.15, 0.2) is 0 Å². The van der Waals surface area contributed by atoms with E-state index in [4.69, 9.17) is 5.11 Å². The quantitative estimate of drug-likeness (QED) is 0.650. The maximum Gasteiger partial charge on any atom is 0.307 e. The minimum absolute atomic E-state index is 0.114. The second-order valence-corrected chi connectivity index (χ2v) is 5.79. The van der Waals surface area contributed by atoms with Crippen molar-refractivity contribution >= 4 is 11.9 Å². The Morgan fingerprint density at radius 1 is 1.21 bits per heavy atom. The maximum absolute atomic E-state index is 11.9. The monoisotopic (exact) mass is 270 g/mol. The number of hydrogen-bond donors (Lipinski definition) is 2. The summed E-state index contributed by atoms with van der Waals surface area (Å²) in [5.41, 5.74) is -0.408. The molecule has 0 spiro atoms. The van der Waals surface area contributed by atoms with Crippen LogP contribution in [-0.2, 0) is 9.59 Å². The smallest absolute Gasteiger partial charge is 0.307 e. The molecule has 0 aromatic rings. The zero-order chi connectivity index (χ0) is 14.6. The van der Waals surface area contributed by atoms with Crippen LogP contribution in [0, 0.1) is 17.3 Å². The molecule has 110 valence electrons. The summed E-state index contributed by atoms with van der Waals surface area (Å²) in [4.78, 5) is 25.2. The molecule has 5 nitrogen and oxygen atoms in total. The van der Waals surface area contributed by atoms with E-state index >= 15 is 0 Å². The number of carbonyl (C=O) groups is 2. The number of nitrogens with one attached hydrogen (secondary N) is 1. The highest BCUT2D eigenvalue weighted by Crippen LogP contribution is 2.58. The zero-order valence-corrected chi connectivity index (χ0v) is 12.4. The van der Waals surface area contributed by atoms with Gasteiger partial charge in [-0.2, -0.15) is 0 Å². The number of rotatable bonds is 8. The van der Waals surface area contributed by atoms with Crippen LogP contribution >= 0.6 is 0 Å². The lowest BCUT2D eigenvalue weighted by Crippen LogP contribution is -2.31. The van der Waals surface area contributed by atoms with Gasteiger partial charge in [-0.05, 0) is 31.5 Å². The SMILES string of the molecule is CCN(CC)CCCNC(=O)[C@H]1[C@@H](C(=O)O)C1(C)C. The second kappa shape index (κ2) is 6.37. The van der Waals surface area contributed by atoms with Crippen molar-refractivity contribution in [2.45, 2.75) is 34.1 Å². The van der Waals surface area contributed by atoms with Crippen molar-refractivity contribution in [2.24, 2.45) is 17.3 Å². The van der Waals surface area contributed by atoms with Crippen LogP contribution in [0.3, 0.4) is 0 Å². The molecule has 2 atom stereocenters. The molecular weight excluding hydrogens is 244 g/mol. The molecule has 0 unspecified atom stereocenters. The molecule has 0 radical (unpaired) electrons. The first-order valence-electron chi connectivity index (χ1n) is 7.09. The van der Waals surface area contributed by atoms with Crippen molar-refractivity contribution in [3.63, 3.8) is 0 Å². The normalized spacial score (nSPS) is 24.3. The summed E-state index contributed by atoms with van der Waals surface area (Å²) in [6.45, 7) is 11.5. The molecule has 1 saturated carbocycles. The third kappa shape index (κ3) is 3.69. The molecule has 0 aromatic carbocycles. The third-order valence-corrected chi connectivity index (χ3v) is 4.22. The number of carboxylic acid groups (broad SMARTS) is 1. The van der Waals surface area contributed by atoms with Gasteiger partial charge in [0, 0.05) is 6.54 Å². The fraction of sp³-hybridized carbons (Fsp3) is 0.857. The molecule has 0 aliphatic heterocycles. The van der Waals surface area contributed by atoms with Crippen LogP contribution in [0.4, 0.5) is 0 Å². The van der Waals surface area contributed by atoms with Crippen molar-refractivity contribution < 1.29 is 14.7 Å². The van der Waals surface area contributed by atoms with E-state index in [-0.39, 0.29) is 11.8 Å². The molecule has 0 aromatic heterocycles.